The van der Waals surface area contributed by atoms with Gasteiger partial charge in [0.05, 0.1) is 18.8 Å². The molecule has 0 aromatic rings. The smallest absolute Gasteiger partial charge is 0.220 e. The Morgan fingerprint density at radius 2 is 0.925 bits per heavy atom. The summed E-state index contributed by atoms with van der Waals surface area (Å²) in [6.45, 7) is 4.24. The van der Waals surface area contributed by atoms with Crippen molar-refractivity contribution in [2.75, 3.05) is 6.61 Å². The van der Waals surface area contributed by atoms with Crippen LogP contribution in [0.1, 0.15) is 194 Å². The second kappa shape index (κ2) is 32.6. The molecule has 0 saturated carbocycles. The predicted molar refractivity (Wildman–Crippen MR) is 175 cm³/mol. The quantitative estimate of drug-likeness (QED) is 0.0561. The molecule has 4 nitrogen and oxygen atoms in total. The molecule has 0 aliphatic rings. The van der Waals surface area contributed by atoms with E-state index in [1.54, 1.807) is 6.08 Å². The number of carbonyl (C=O) groups is 1. The minimum atomic E-state index is -0.829. The predicted octanol–water partition coefficient (Wildman–Crippen LogP) is 10.3. The lowest BCUT2D eigenvalue weighted by Crippen LogP contribution is -2.45. The van der Waals surface area contributed by atoms with Crippen LogP contribution in [-0.2, 0) is 4.79 Å². The zero-order valence-corrected chi connectivity index (χ0v) is 27.1. The maximum Gasteiger partial charge on any atom is 0.220 e. The van der Waals surface area contributed by atoms with Gasteiger partial charge < -0.3 is 15.5 Å². The minimum absolute atomic E-state index is 0.0670. The fraction of sp³-hybridized carbons (Fsp3) is 0.917. The van der Waals surface area contributed by atoms with Crippen LogP contribution in [0.4, 0.5) is 0 Å². The van der Waals surface area contributed by atoms with Gasteiger partial charge in [-0.1, -0.05) is 180 Å². The van der Waals surface area contributed by atoms with E-state index in [2.05, 4.69) is 19.2 Å². The molecule has 238 valence electrons. The molecular weight excluding hydrogens is 494 g/mol. The topological polar surface area (TPSA) is 69.6 Å². The van der Waals surface area contributed by atoms with Crippen LogP contribution in [0.15, 0.2) is 12.2 Å². The first-order valence-electron chi connectivity index (χ1n) is 17.9. The van der Waals surface area contributed by atoms with Crippen molar-refractivity contribution >= 4 is 5.91 Å². The Morgan fingerprint density at radius 3 is 1.30 bits per heavy atom. The Morgan fingerprint density at radius 1 is 0.575 bits per heavy atom. The molecule has 2 atom stereocenters. The molecule has 0 heterocycles. The molecule has 4 heteroatoms. The van der Waals surface area contributed by atoms with E-state index in [0.717, 1.165) is 25.7 Å². The fourth-order valence-corrected chi connectivity index (χ4v) is 5.47. The second-order valence-electron chi connectivity index (χ2n) is 12.3. The number of aliphatic hydroxyl groups excluding tert-OH is 2. The molecule has 0 aromatic carbocycles. The highest BCUT2D eigenvalue weighted by Gasteiger charge is 2.17. The molecule has 0 radical (unpaired) electrons. The Hall–Kier alpha value is -0.870. The molecule has 0 rings (SSSR count). The summed E-state index contributed by atoms with van der Waals surface area (Å²) in [5.74, 6) is -0.0670. The van der Waals surface area contributed by atoms with E-state index in [-0.39, 0.29) is 12.5 Å². The lowest BCUT2D eigenvalue weighted by Gasteiger charge is -2.20. The van der Waals surface area contributed by atoms with Gasteiger partial charge in [0.25, 0.3) is 0 Å². The van der Waals surface area contributed by atoms with Gasteiger partial charge in [-0.3, -0.25) is 4.79 Å². The van der Waals surface area contributed by atoms with E-state index in [9.17, 15) is 15.0 Å². The third-order valence-corrected chi connectivity index (χ3v) is 8.27. The van der Waals surface area contributed by atoms with Crippen molar-refractivity contribution in [3.05, 3.63) is 12.2 Å². The first-order chi connectivity index (χ1) is 19.7. The van der Waals surface area contributed by atoms with Gasteiger partial charge >= 0.3 is 0 Å². The number of hydrogen-bond acceptors (Lipinski definition) is 3. The van der Waals surface area contributed by atoms with Crippen LogP contribution in [0.3, 0.4) is 0 Å². The summed E-state index contributed by atoms with van der Waals surface area (Å²) < 4.78 is 0. The van der Waals surface area contributed by atoms with Crippen molar-refractivity contribution in [3.63, 3.8) is 0 Å². The van der Waals surface area contributed by atoms with Crippen molar-refractivity contribution in [2.24, 2.45) is 0 Å². The Bertz CT molecular complexity index is 536. The molecule has 0 aliphatic carbocycles. The zero-order chi connectivity index (χ0) is 29.4. The zero-order valence-electron chi connectivity index (χ0n) is 27.1. The number of aliphatic hydroxyl groups is 2. The van der Waals surface area contributed by atoms with Gasteiger partial charge in [-0.25, -0.2) is 0 Å². The number of amides is 1. The molecule has 0 bridgehead atoms. The summed E-state index contributed by atoms with van der Waals surface area (Å²) in [5, 5.41) is 22.6. The van der Waals surface area contributed by atoms with Crippen LogP contribution in [0.25, 0.3) is 0 Å². The van der Waals surface area contributed by atoms with Crippen molar-refractivity contribution < 1.29 is 15.0 Å². The third-order valence-electron chi connectivity index (χ3n) is 8.27. The molecule has 40 heavy (non-hydrogen) atoms. The molecule has 0 aromatic heterocycles. The van der Waals surface area contributed by atoms with Gasteiger partial charge in [0, 0.05) is 6.42 Å². The van der Waals surface area contributed by atoms with E-state index in [1.807, 2.05) is 6.08 Å². The monoisotopic (exact) mass is 566 g/mol. The van der Waals surface area contributed by atoms with Gasteiger partial charge in [0.15, 0.2) is 0 Å². The maximum absolute atomic E-state index is 12.2. The summed E-state index contributed by atoms with van der Waals surface area (Å²) >= 11 is 0. The van der Waals surface area contributed by atoms with E-state index in [4.69, 9.17) is 0 Å². The van der Waals surface area contributed by atoms with Gasteiger partial charge in [0.2, 0.25) is 5.91 Å². The van der Waals surface area contributed by atoms with Crippen molar-refractivity contribution in [1.82, 2.24) is 5.32 Å². The lowest BCUT2D eigenvalue weighted by molar-refractivity contribution is -0.123. The molecule has 0 fully saturated rings. The van der Waals surface area contributed by atoms with Crippen LogP contribution >= 0.6 is 0 Å². The summed E-state index contributed by atoms with van der Waals surface area (Å²) in [7, 11) is 0. The van der Waals surface area contributed by atoms with Gasteiger partial charge in [0.1, 0.15) is 0 Å². The molecule has 0 spiro atoms. The number of nitrogens with one attached hydrogen (secondary N) is 1. The van der Waals surface area contributed by atoms with Crippen LogP contribution in [0.5, 0.6) is 0 Å². The van der Waals surface area contributed by atoms with Crippen LogP contribution in [0.2, 0.25) is 0 Å². The first kappa shape index (κ1) is 39.1. The number of unbranched alkanes of at least 4 members (excludes halogenated alkanes) is 25. The standard InChI is InChI=1S/C36H71NO3/c1-3-5-7-9-11-12-13-14-15-16-17-18-19-20-21-22-23-24-25-26-28-30-32-36(40)37-34(33-38)35(39)31-29-27-10-8-6-4-2/h29,31,34-35,38-39H,3-28,30,32-33H2,1-2H3,(H,37,40)/b31-29+. The highest BCUT2D eigenvalue weighted by atomic mass is 16.3. The lowest BCUT2D eigenvalue weighted by atomic mass is 10.0. The van der Waals surface area contributed by atoms with Crippen molar-refractivity contribution in [2.45, 2.75) is 206 Å². The van der Waals surface area contributed by atoms with Crippen LogP contribution < -0.4 is 5.32 Å². The summed E-state index contributed by atoms with van der Waals surface area (Å²) in [5.41, 5.74) is 0. The van der Waals surface area contributed by atoms with Gasteiger partial charge in [-0.05, 0) is 19.3 Å². The molecule has 1 amide bonds. The average molecular weight is 566 g/mol. The fourth-order valence-electron chi connectivity index (χ4n) is 5.47. The van der Waals surface area contributed by atoms with Gasteiger partial charge in [-0.2, -0.15) is 0 Å². The Kier molecular flexibility index (Phi) is 31.9. The van der Waals surface area contributed by atoms with E-state index < -0.39 is 12.1 Å². The molecule has 0 aliphatic heterocycles. The largest absolute Gasteiger partial charge is 0.394 e. The summed E-state index contributed by atoms with van der Waals surface area (Å²) in [4.78, 5) is 12.2. The van der Waals surface area contributed by atoms with E-state index in [0.29, 0.717) is 6.42 Å². The Balaban J connectivity index is 3.43. The molecule has 3 N–H and O–H groups in total. The second-order valence-corrected chi connectivity index (χ2v) is 12.3. The summed E-state index contributed by atoms with van der Waals surface area (Å²) in [6, 6.07) is -0.612. The van der Waals surface area contributed by atoms with Crippen LogP contribution in [-0.4, -0.2) is 34.9 Å². The molecule has 0 saturated heterocycles. The van der Waals surface area contributed by atoms with Crippen LogP contribution in [0, 0.1) is 0 Å². The van der Waals surface area contributed by atoms with E-state index >= 15 is 0 Å². The average Bonchev–Trinajstić information content (AvgIpc) is 2.96. The van der Waals surface area contributed by atoms with Crippen molar-refractivity contribution in [3.8, 4) is 0 Å². The van der Waals surface area contributed by atoms with E-state index in [1.165, 1.54) is 148 Å². The third kappa shape index (κ3) is 28.7. The van der Waals surface area contributed by atoms with Gasteiger partial charge in [-0.15, -0.1) is 0 Å². The summed E-state index contributed by atoms with van der Waals surface area (Å²) in [6.07, 6.45) is 38.9. The first-order valence-corrected chi connectivity index (χ1v) is 17.9. The number of hydrogen-bond donors (Lipinski definition) is 3. The Labute approximate surface area is 250 Å². The maximum atomic E-state index is 12.2. The highest BCUT2D eigenvalue weighted by Crippen LogP contribution is 2.15. The number of rotatable bonds is 32. The highest BCUT2D eigenvalue weighted by molar-refractivity contribution is 5.76. The van der Waals surface area contributed by atoms with Crippen molar-refractivity contribution in [1.29, 1.82) is 0 Å². The number of carbonyl (C=O) groups excluding carboxylic acids is 1. The molecule has 2 unspecified atom stereocenters. The minimum Gasteiger partial charge on any atom is -0.394 e. The SMILES string of the molecule is CCCCCC/C=C/C(O)C(CO)NC(=O)CCCCCCCCCCCCCCCCCCCCCCCC. The molecular formula is C36H71NO3. The normalized spacial score (nSPS) is 13.2. The number of allylic oxidation sites excluding steroid dienone is 1.